The van der Waals surface area contributed by atoms with E-state index in [2.05, 4.69) is 5.32 Å². The second-order valence-electron chi connectivity index (χ2n) is 5.82. The van der Waals surface area contributed by atoms with Gasteiger partial charge in [-0.1, -0.05) is 18.2 Å². The number of carbonyl (C=O) groups is 1. The highest BCUT2D eigenvalue weighted by Crippen LogP contribution is 2.26. The SMILES string of the molecule is O=C(Cc1ccccc1[N+](=O)[O-])N1CC2CCCNC2C1. The van der Waals surface area contributed by atoms with Gasteiger partial charge in [0.05, 0.1) is 11.3 Å². The summed E-state index contributed by atoms with van der Waals surface area (Å²) in [6.45, 7) is 2.52. The second-order valence-corrected chi connectivity index (χ2v) is 5.82. The quantitative estimate of drug-likeness (QED) is 0.673. The smallest absolute Gasteiger partial charge is 0.273 e. The van der Waals surface area contributed by atoms with Gasteiger partial charge in [0.25, 0.3) is 5.69 Å². The number of fused-ring (bicyclic) bond motifs is 1. The minimum absolute atomic E-state index is 0.0134. The monoisotopic (exact) mass is 289 g/mol. The van der Waals surface area contributed by atoms with E-state index in [0.29, 0.717) is 17.5 Å². The molecule has 112 valence electrons. The average Bonchev–Trinajstić information content (AvgIpc) is 2.91. The predicted molar refractivity (Wildman–Crippen MR) is 77.9 cm³/mol. The van der Waals surface area contributed by atoms with Crippen molar-refractivity contribution in [3.8, 4) is 0 Å². The maximum atomic E-state index is 12.4. The second kappa shape index (κ2) is 5.81. The molecule has 2 unspecified atom stereocenters. The molecular formula is C15H19N3O3. The number of nitro groups is 1. The maximum Gasteiger partial charge on any atom is 0.273 e. The molecule has 0 spiro atoms. The first-order valence-electron chi connectivity index (χ1n) is 7.38. The molecule has 0 aliphatic carbocycles. The Morgan fingerprint density at radius 3 is 2.95 bits per heavy atom. The van der Waals surface area contributed by atoms with Gasteiger partial charge >= 0.3 is 0 Å². The zero-order valence-corrected chi connectivity index (χ0v) is 11.8. The van der Waals surface area contributed by atoms with Gasteiger partial charge in [-0.2, -0.15) is 0 Å². The Bertz CT molecular complexity index is 547. The summed E-state index contributed by atoms with van der Waals surface area (Å²) in [5, 5.41) is 14.5. The van der Waals surface area contributed by atoms with E-state index in [4.69, 9.17) is 0 Å². The van der Waals surface area contributed by atoms with E-state index in [9.17, 15) is 14.9 Å². The standard InChI is InChI=1S/C15H19N3O3/c19-15(8-11-4-1-2-6-14(11)18(20)21)17-9-12-5-3-7-16-13(12)10-17/h1-2,4,6,12-13,16H,3,5,7-10H2. The van der Waals surface area contributed by atoms with E-state index in [1.807, 2.05) is 4.90 Å². The van der Waals surface area contributed by atoms with Crippen LogP contribution >= 0.6 is 0 Å². The molecule has 2 atom stereocenters. The Balaban J connectivity index is 1.68. The van der Waals surface area contributed by atoms with Gasteiger partial charge in [-0.05, 0) is 25.3 Å². The summed E-state index contributed by atoms with van der Waals surface area (Å²) in [4.78, 5) is 24.8. The van der Waals surface area contributed by atoms with E-state index in [-0.39, 0.29) is 18.0 Å². The molecule has 1 N–H and O–H groups in total. The van der Waals surface area contributed by atoms with Crippen LogP contribution in [-0.2, 0) is 11.2 Å². The Hall–Kier alpha value is -1.95. The predicted octanol–water partition coefficient (Wildman–Crippen LogP) is 1.35. The molecule has 2 aliphatic heterocycles. The number of likely N-dealkylation sites (tertiary alicyclic amines) is 1. The van der Waals surface area contributed by atoms with Crippen molar-refractivity contribution in [2.24, 2.45) is 5.92 Å². The minimum atomic E-state index is -0.423. The Kier molecular flexibility index (Phi) is 3.88. The lowest BCUT2D eigenvalue weighted by Gasteiger charge is -2.24. The molecule has 1 aromatic carbocycles. The van der Waals surface area contributed by atoms with Crippen LogP contribution in [0.15, 0.2) is 24.3 Å². The molecule has 0 radical (unpaired) electrons. The number of carbonyl (C=O) groups excluding carboxylic acids is 1. The maximum absolute atomic E-state index is 12.4. The molecule has 0 aromatic heterocycles. The van der Waals surface area contributed by atoms with Crippen molar-refractivity contribution in [1.29, 1.82) is 0 Å². The Morgan fingerprint density at radius 2 is 2.19 bits per heavy atom. The Morgan fingerprint density at radius 1 is 1.38 bits per heavy atom. The number of amides is 1. The molecule has 0 bridgehead atoms. The zero-order chi connectivity index (χ0) is 14.8. The fraction of sp³-hybridized carbons (Fsp3) is 0.533. The fourth-order valence-electron chi connectivity index (χ4n) is 3.36. The van der Waals surface area contributed by atoms with Crippen molar-refractivity contribution in [2.45, 2.75) is 25.3 Å². The molecule has 1 amide bonds. The summed E-state index contributed by atoms with van der Waals surface area (Å²) in [6.07, 6.45) is 2.43. The first-order chi connectivity index (χ1) is 10.1. The molecule has 2 heterocycles. The third-order valence-corrected chi connectivity index (χ3v) is 4.48. The number of hydrogen-bond acceptors (Lipinski definition) is 4. The van der Waals surface area contributed by atoms with Crippen LogP contribution in [0, 0.1) is 16.0 Å². The Labute approximate surface area is 123 Å². The van der Waals surface area contributed by atoms with Gasteiger partial charge in [-0.25, -0.2) is 0 Å². The molecule has 6 heteroatoms. The van der Waals surface area contributed by atoms with E-state index in [1.54, 1.807) is 18.2 Å². The van der Waals surface area contributed by atoms with Crippen molar-refractivity contribution >= 4 is 11.6 Å². The van der Waals surface area contributed by atoms with E-state index < -0.39 is 4.92 Å². The largest absolute Gasteiger partial charge is 0.340 e. The van der Waals surface area contributed by atoms with Crippen LogP contribution in [0.25, 0.3) is 0 Å². The molecule has 0 saturated carbocycles. The van der Waals surface area contributed by atoms with E-state index in [1.165, 1.54) is 6.07 Å². The molecule has 3 rings (SSSR count). The first-order valence-corrected chi connectivity index (χ1v) is 7.38. The van der Waals surface area contributed by atoms with Crippen molar-refractivity contribution in [3.05, 3.63) is 39.9 Å². The van der Waals surface area contributed by atoms with Gasteiger partial charge in [0, 0.05) is 30.8 Å². The molecule has 2 fully saturated rings. The molecule has 21 heavy (non-hydrogen) atoms. The van der Waals surface area contributed by atoms with Crippen LogP contribution in [0.2, 0.25) is 0 Å². The minimum Gasteiger partial charge on any atom is -0.340 e. The van der Waals surface area contributed by atoms with Gasteiger partial charge in [-0.3, -0.25) is 14.9 Å². The third kappa shape index (κ3) is 2.90. The van der Waals surface area contributed by atoms with Crippen LogP contribution < -0.4 is 5.32 Å². The lowest BCUT2D eigenvalue weighted by Crippen LogP contribution is -2.41. The summed E-state index contributed by atoms with van der Waals surface area (Å²) < 4.78 is 0. The highest BCUT2D eigenvalue weighted by molar-refractivity contribution is 5.80. The highest BCUT2D eigenvalue weighted by atomic mass is 16.6. The number of benzene rings is 1. The van der Waals surface area contributed by atoms with Crippen molar-refractivity contribution < 1.29 is 9.72 Å². The normalized spacial score (nSPS) is 24.7. The number of nitro benzene ring substituents is 1. The van der Waals surface area contributed by atoms with Gasteiger partial charge in [0.1, 0.15) is 0 Å². The number of hydrogen-bond donors (Lipinski definition) is 1. The van der Waals surface area contributed by atoms with Crippen LogP contribution in [-0.4, -0.2) is 41.4 Å². The van der Waals surface area contributed by atoms with Gasteiger partial charge < -0.3 is 10.2 Å². The molecule has 2 saturated heterocycles. The lowest BCUT2D eigenvalue weighted by molar-refractivity contribution is -0.385. The summed E-state index contributed by atoms with van der Waals surface area (Å²) in [6, 6.07) is 6.88. The van der Waals surface area contributed by atoms with E-state index >= 15 is 0 Å². The molecule has 1 aromatic rings. The van der Waals surface area contributed by atoms with E-state index in [0.717, 1.165) is 32.5 Å². The summed E-state index contributed by atoms with van der Waals surface area (Å²) in [5.41, 5.74) is 0.524. The van der Waals surface area contributed by atoms with Crippen LogP contribution in [0.4, 0.5) is 5.69 Å². The fourth-order valence-corrected chi connectivity index (χ4v) is 3.36. The number of nitrogens with one attached hydrogen (secondary N) is 1. The number of nitrogens with zero attached hydrogens (tertiary/aromatic N) is 2. The number of para-hydroxylation sites is 1. The molecule has 6 nitrogen and oxygen atoms in total. The number of rotatable bonds is 3. The van der Waals surface area contributed by atoms with Gasteiger partial charge in [0.2, 0.25) is 5.91 Å². The van der Waals surface area contributed by atoms with Crippen LogP contribution in [0.1, 0.15) is 18.4 Å². The summed E-state index contributed by atoms with van der Waals surface area (Å²) in [7, 11) is 0. The molecular weight excluding hydrogens is 270 g/mol. The van der Waals surface area contributed by atoms with Crippen LogP contribution in [0.5, 0.6) is 0 Å². The summed E-state index contributed by atoms with van der Waals surface area (Å²) in [5.74, 6) is 0.522. The van der Waals surface area contributed by atoms with Crippen LogP contribution in [0.3, 0.4) is 0 Å². The lowest BCUT2D eigenvalue weighted by atomic mass is 9.94. The van der Waals surface area contributed by atoms with Crippen molar-refractivity contribution in [3.63, 3.8) is 0 Å². The van der Waals surface area contributed by atoms with Crippen molar-refractivity contribution in [1.82, 2.24) is 10.2 Å². The average molecular weight is 289 g/mol. The molecule has 2 aliphatic rings. The first kappa shape index (κ1) is 14.0. The zero-order valence-electron chi connectivity index (χ0n) is 11.8. The summed E-state index contributed by atoms with van der Waals surface area (Å²) >= 11 is 0. The topological polar surface area (TPSA) is 75.5 Å². The third-order valence-electron chi connectivity index (χ3n) is 4.48. The van der Waals surface area contributed by atoms with Gasteiger partial charge in [0.15, 0.2) is 0 Å². The van der Waals surface area contributed by atoms with Crippen molar-refractivity contribution in [2.75, 3.05) is 19.6 Å². The highest BCUT2D eigenvalue weighted by Gasteiger charge is 2.36. The number of piperidine rings is 1. The van der Waals surface area contributed by atoms with Gasteiger partial charge in [-0.15, -0.1) is 0 Å².